The zero-order valence-corrected chi connectivity index (χ0v) is 28.7. The third-order valence-electron chi connectivity index (χ3n) is 9.11. The van der Waals surface area contributed by atoms with Crippen LogP contribution in [0.15, 0.2) is 120 Å². The normalized spacial score (nSPS) is 16.0. The second-order valence-corrected chi connectivity index (χ2v) is 13.3. The quantitative estimate of drug-likeness (QED) is 0.0906. The maximum absolute atomic E-state index is 14.5. The van der Waals surface area contributed by atoms with Gasteiger partial charge in [-0.2, -0.15) is 0 Å². The Kier molecular flexibility index (Phi) is 10.8. The standard InChI is InChI=1S/C40H39Cl2N5O2/c41-36-18-17-32(24-37(36)42)31-12-6-13-33(23-31)39(49)47-26-35(21-27-8-2-1-3-9-27)46(25-34(47)14-7-19-45-40(43)44)38(48)22-28-15-16-29-10-4-5-11-30(29)20-28/h1-6,8-13,15-18,20,23-24,34-35H,7,14,19,21-22,25-26H2,(H4,43,44,45). The van der Waals surface area contributed by atoms with Crippen molar-refractivity contribution in [2.45, 2.75) is 37.8 Å². The molecule has 2 unspecified atom stereocenters. The number of aliphatic imine (C=N–C) groups is 1. The van der Waals surface area contributed by atoms with Crippen molar-refractivity contribution in [2.24, 2.45) is 16.5 Å². The summed E-state index contributed by atoms with van der Waals surface area (Å²) < 4.78 is 0. The van der Waals surface area contributed by atoms with Gasteiger partial charge < -0.3 is 21.3 Å². The predicted octanol–water partition coefficient (Wildman–Crippen LogP) is 7.37. The minimum Gasteiger partial charge on any atom is -0.370 e. The Balaban J connectivity index is 1.31. The number of carbonyl (C=O) groups is 2. The van der Waals surface area contributed by atoms with Crippen molar-refractivity contribution in [2.75, 3.05) is 19.6 Å². The molecule has 49 heavy (non-hydrogen) atoms. The molecular formula is C40H39Cl2N5O2. The molecule has 0 bridgehead atoms. The van der Waals surface area contributed by atoms with E-state index in [9.17, 15) is 9.59 Å². The molecule has 0 spiro atoms. The Bertz CT molecular complexity index is 1980. The van der Waals surface area contributed by atoms with Gasteiger partial charge in [-0.15, -0.1) is 0 Å². The van der Waals surface area contributed by atoms with E-state index in [-0.39, 0.29) is 36.3 Å². The second kappa shape index (κ2) is 15.6. The van der Waals surface area contributed by atoms with E-state index in [1.165, 1.54) is 0 Å². The van der Waals surface area contributed by atoms with E-state index in [4.69, 9.17) is 34.7 Å². The van der Waals surface area contributed by atoms with Crippen LogP contribution in [0.1, 0.15) is 34.3 Å². The summed E-state index contributed by atoms with van der Waals surface area (Å²) in [6.45, 7) is 1.23. The van der Waals surface area contributed by atoms with Gasteiger partial charge in [0.05, 0.1) is 22.5 Å². The van der Waals surface area contributed by atoms with Crippen LogP contribution in [0.3, 0.4) is 0 Å². The number of nitrogens with two attached hydrogens (primary N) is 2. The van der Waals surface area contributed by atoms with Gasteiger partial charge in [0.2, 0.25) is 5.91 Å². The smallest absolute Gasteiger partial charge is 0.254 e. The average Bonchev–Trinajstić information content (AvgIpc) is 3.11. The summed E-state index contributed by atoms with van der Waals surface area (Å²) in [5.74, 6) is -0.0154. The van der Waals surface area contributed by atoms with Gasteiger partial charge in [0.15, 0.2) is 5.96 Å². The minimum absolute atomic E-state index is 0.0332. The van der Waals surface area contributed by atoms with Gasteiger partial charge in [0.1, 0.15) is 0 Å². The summed E-state index contributed by atoms with van der Waals surface area (Å²) in [6.07, 6.45) is 2.19. The van der Waals surface area contributed by atoms with Crippen molar-refractivity contribution in [1.82, 2.24) is 9.80 Å². The molecule has 2 atom stereocenters. The number of piperazine rings is 1. The number of hydrogen-bond donors (Lipinski definition) is 2. The minimum atomic E-state index is -0.233. The zero-order chi connectivity index (χ0) is 34.3. The Labute approximate surface area is 297 Å². The number of guanidine groups is 1. The van der Waals surface area contributed by atoms with Gasteiger partial charge in [-0.1, -0.05) is 114 Å². The van der Waals surface area contributed by atoms with Gasteiger partial charge in [-0.25, -0.2) is 0 Å². The summed E-state index contributed by atoms with van der Waals surface area (Å²) in [4.78, 5) is 36.8. The van der Waals surface area contributed by atoms with E-state index < -0.39 is 0 Å². The lowest BCUT2D eigenvalue weighted by atomic mass is 9.94. The summed E-state index contributed by atoms with van der Waals surface area (Å²) in [6, 6.07) is 37.0. The molecule has 9 heteroatoms. The first-order valence-electron chi connectivity index (χ1n) is 16.5. The van der Waals surface area contributed by atoms with Crippen LogP contribution >= 0.6 is 23.2 Å². The third-order valence-corrected chi connectivity index (χ3v) is 9.85. The van der Waals surface area contributed by atoms with Gasteiger partial charge >= 0.3 is 0 Å². The number of amides is 2. The van der Waals surface area contributed by atoms with Crippen LogP contribution in [0.25, 0.3) is 21.9 Å². The zero-order valence-electron chi connectivity index (χ0n) is 27.1. The van der Waals surface area contributed by atoms with Gasteiger partial charge in [0, 0.05) is 31.2 Å². The molecular weight excluding hydrogens is 653 g/mol. The van der Waals surface area contributed by atoms with Crippen LogP contribution in [-0.4, -0.2) is 59.3 Å². The summed E-state index contributed by atoms with van der Waals surface area (Å²) in [5, 5.41) is 3.16. The first-order chi connectivity index (χ1) is 23.7. The number of carbonyl (C=O) groups excluding carboxylic acids is 2. The van der Waals surface area contributed by atoms with Gasteiger partial charge in [-0.05, 0) is 76.6 Å². The fourth-order valence-electron chi connectivity index (χ4n) is 6.64. The first-order valence-corrected chi connectivity index (χ1v) is 17.2. The molecule has 1 aliphatic rings. The largest absolute Gasteiger partial charge is 0.370 e. The highest BCUT2D eigenvalue weighted by atomic mass is 35.5. The van der Waals surface area contributed by atoms with Gasteiger partial charge in [0.25, 0.3) is 5.91 Å². The van der Waals surface area contributed by atoms with Crippen molar-refractivity contribution in [3.63, 3.8) is 0 Å². The monoisotopic (exact) mass is 691 g/mol. The van der Waals surface area contributed by atoms with Crippen molar-refractivity contribution < 1.29 is 9.59 Å². The summed E-state index contributed by atoms with van der Waals surface area (Å²) in [7, 11) is 0. The number of halogens is 2. The van der Waals surface area contributed by atoms with Crippen LogP contribution in [0.4, 0.5) is 0 Å². The van der Waals surface area contributed by atoms with Crippen molar-refractivity contribution in [3.8, 4) is 11.1 Å². The molecule has 1 saturated heterocycles. The molecule has 2 amide bonds. The lowest BCUT2D eigenvalue weighted by molar-refractivity contribution is -0.136. The van der Waals surface area contributed by atoms with Crippen LogP contribution in [0.5, 0.6) is 0 Å². The summed E-state index contributed by atoms with van der Waals surface area (Å²) >= 11 is 12.5. The maximum atomic E-state index is 14.5. The molecule has 5 aromatic rings. The molecule has 5 aromatic carbocycles. The highest BCUT2D eigenvalue weighted by Gasteiger charge is 2.38. The molecule has 0 radical (unpaired) electrons. The predicted molar refractivity (Wildman–Crippen MR) is 200 cm³/mol. The van der Waals surface area contributed by atoms with Crippen LogP contribution in [0, 0.1) is 0 Å². The van der Waals surface area contributed by atoms with Gasteiger partial charge in [-0.3, -0.25) is 14.6 Å². The van der Waals surface area contributed by atoms with E-state index in [1.807, 2.05) is 76.5 Å². The van der Waals surface area contributed by atoms with Crippen molar-refractivity contribution >= 4 is 51.7 Å². The summed E-state index contributed by atoms with van der Waals surface area (Å²) in [5.41, 5.74) is 15.6. The number of benzene rings is 5. The third kappa shape index (κ3) is 8.42. The first kappa shape index (κ1) is 34.0. The molecule has 4 N–H and O–H groups in total. The number of rotatable bonds is 10. The molecule has 0 saturated carbocycles. The number of hydrogen-bond acceptors (Lipinski definition) is 3. The topological polar surface area (TPSA) is 105 Å². The molecule has 1 heterocycles. The lowest BCUT2D eigenvalue weighted by Crippen LogP contribution is -2.62. The molecule has 7 nitrogen and oxygen atoms in total. The Morgan fingerprint density at radius 3 is 2.20 bits per heavy atom. The Hall–Kier alpha value is -4.85. The van der Waals surface area contributed by atoms with E-state index >= 15 is 0 Å². The Morgan fingerprint density at radius 2 is 1.43 bits per heavy atom. The SMILES string of the molecule is NC(N)=NCCCC1CN(C(=O)Cc2ccc3ccccc3c2)C(Cc2ccccc2)CN1C(=O)c1cccc(-c2ccc(Cl)c(Cl)c2)c1. The molecule has 0 aromatic heterocycles. The van der Waals surface area contributed by atoms with Crippen LogP contribution < -0.4 is 11.5 Å². The molecule has 1 fully saturated rings. The number of fused-ring (bicyclic) bond motifs is 1. The average molecular weight is 693 g/mol. The van der Waals surface area contributed by atoms with Crippen LogP contribution in [0.2, 0.25) is 10.0 Å². The van der Waals surface area contributed by atoms with E-state index in [2.05, 4.69) is 41.4 Å². The highest BCUT2D eigenvalue weighted by molar-refractivity contribution is 6.42. The number of nitrogens with zero attached hydrogens (tertiary/aromatic N) is 3. The second-order valence-electron chi connectivity index (χ2n) is 12.5. The fourth-order valence-corrected chi connectivity index (χ4v) is 6.94. The Morgan fingerprint density at radius 1 is 0.694 bits per heavy atom. The lowest BCUT2D eigenvalue weighted by Gasteiger charge is -2.47. The highest BCUT2D eigenvalue weighted by Crippen LogP contribution is 2.30. The molecule has 250 valence electrons. The van der Waals surface area contributed by atoms with E-state index in [0.29, 0.717) is 54.5 Å². The van der Waals surface area contributed by atoms with Crippen molar-refractivity contribution in [3.05, 3.63) is 142 Å². The van der Waals surface area contributed by atoms with E-state index in [0.717, 1.165) is 33.0 Å². The van der Waals surface area contributed by atoms with E-state index in [1.54, 1.807) is 12.1 Å². The maximum Gasteiger partial charge on any atom is 0.254 e. The molecule has 6 rings (SSSR count). The van der Waals surface area contributed by atoms with Crippen LogP contribution in [-0.2, 0) is 17.6 Å². The molecule has 1 aliphatic heterocycles. The van der Waals surface area contributed by atoms with Crippen molar-refractivity contribution in [1.29, 1.82) is 0 Å². The fraction of sp³-hybridized carbons (Fsp3) is 0.225. The molecule has 0 aliphatic carbocycles.